The molecule has 0 bridgehead atoms. The molecule has 0 aliphatic heterocycles. The zero-order valence-electron chi connectivity index (χ0n) is 16.6. The molecule has 0 aliphatic carbocycles. The summed E-state index contributed by atoms with van der Waals surface area (Å²) in [5.74, 6) is 1.60. The number of carbonyl (C=O) groups excluding carboxylic acids is 1. The molecule has 3 aromatic carbocycles. The van der Waals surface area contributed by atoms with E-state index in [0.29, 0.717) is 19.7 Å². The van der Waals surface area contributed by atoms with E-state index in [9.17, 15) is 4.79 Å². The van der Waals surface area contributed by atoms with Crippen molar-refractivity contribution in [1.82, 2.24) is 4.90 Å². The Balaban J connectivity index is 1.56. The summed E-state index contributed by atoms with van der Waals surface area (Å²) in [6, 6.07) is 19.8. The Kier molecular flexibility index (Phi) is 6.50. The van der Waals surface area contributed by atoms with Crippen molar-refractivity contribution in [3.8, 4) is 11.5 Å². The second-order valence-electron chi connectivity index (χ2n) is 6.73. The molecule has 28 heavy (non-hydrogen) atoms. The summed E-state index contributed by atoms with van der Waals surface area (Å²) < 4.78 is 10.7. The molecule has 0 aliphatic rings. The highest BCUT2D eigenvalue weighted by Crippen LogP contribution is 2.22. The van der Waals surface area contributed by atoms with Crippen LogP contribution in [0.3, 0.4) is 0 Å². The van der Waals surface area contributed by atoms with E-state index in [1.807, 2.05) is 55.3 Å². The second-order valence-corrected chi connectivity index (χ2v) is 6.73. The van der Waals surface area contributed by atoms with Gasteiger partial charge < -0.3 is 14.8 Å². The van der Waals surface area contributed by atoms with Crippen molar-refractivity contribution in [3.05, 3.63) is 66.2 Å². The number of rotatable bonds is 8. The monoisotopic (exact) mass is 378 g/mol. The molecule has 1 amide bonds. The van der Waals surface area contributed by atoms with Crippen LogP contribution in [0.25, 0.3) is 10.8 Å². The number of nitrogens with zero attached hydrogens (tertiary/aromatic N) is 1. The Bertz CT molecular complexity index is 938. The van der Waals surface area contributed by atoms with Crippen LogP contribution in [-0.4, -0.2) is 38.1 Å². The second kappa shape index (κ2) is 9.24. The lowest BCUT2D eigenvalue weighted by Crippen LogP contribution is -2.29. The summed E-state index contributed by atoms with van der Waals surface area (Å²) >= 11 is 0. The predicted molar refractivity (Wildman–Crippen MR) is 113 cm³/mol. The molecule has 0 fully saturated rings. The number of ether oxygens (including phenoxy) is 2. The first-order valence-corrected chi connectivity index (χ1v) is 9.35. The van der Waals surface area contributed by atoms with Crippen molar-refractivity contribution in [2.45, 2.75) is 13.5 Å². The number of methoxy groups -OCH3 is 1. The van der Waals surface area contributed by atoms with Gasteiger partial charge >= 0.3 is 0 Å². The third-order valence-corrected chi connectivity index (χ3v) is 4.43. The quantitative estimate of drug-likeness (QED) is 0.634. The average molecular weight is 378 g/mol. The molecule has 0 heterocycles. The van der Waals surface area contributed by atoms with E-state index in [2.05, 4.69) is 29.6 Å². The molecule has 3 aromatic rings. The van der Waals surface area contributed by atoms with Crippen molar-refractivity contribution in [1.29, 1.82) is 0 Å². The van der Waals surface area contributed by atoms with Crippen LogP contribution in [0.15, 0.2) is 60.7 Å². The highest BCUT2D eigenvalue weighted by atomic mass is 16.5. The maximum Gasteiger partial charge on any atom is 0.238 e. The fourth-order valence-corrected chi connectivity index (χ4v) is 3.11. The Morgan fingerprint density at radius 2 is 1.64 bits per heavy atom. The van der Waals surface area contributed by atoms with E-state index in [-0.39, 0.29) is 5.91 Å². The van der Waals surface area contributed by atoms with Crippen LogP contribution >= 0.6 is 0 Å². The molecule has 0 saturated carbocycles. The van der Waals surface area contributed by atoms with Gasteiger partial charge in [-0.05, 0) is 72.8 Å². The molecule has 0 unspecified atom stereocenters. The van der Waals surface area contributed by atoms with Crippen molar-refractivity contribution in [2.75, 3.05) is 32.6 Å². The summed E-state index contributed by atoms with van der Waals surface area (Å²) in [7, 11) is 3.61. The van der Waals surface area contributed by atoms with Crippen molar-refractivity contribution >= 4 is 22.4 Å². The summed E-state index contributed by atoms with van der Waals surface area (Å²) in [4.78, 5) is 14.3. The number of hydrogen-bond donors (Lipinski definition) is 1. The zero-order valence-corrected chi connectivity index (χ0v) is 16.6. The number of benzene rings is 3. The van der Waals surface area contributed by atoms with Crippen LogP contribution in [0.2, 0.25) is 0 Å². The molecule has 3 rings (SSSR count). The number of anilines is 1. The number of hydrogen-bond acceptors (Lipinski definition) is 4. The molecular weight excluding hydrogens is 352 g/mol. The van der Waals surface area contributed by atoms with Gasteiger partial charge in [-0.3, -0.25) is 9.69 Å². The van der Waals surface area contributed by atoms with E-state index >= 15 is 0 Å². The Morgan fingerprint density at radius 3 is 2.36 bits per heavy atom. The van der Waals surface area contributed by atoms with Crippen LogP contribution < -0.4 is 14.8 Å². The van der Waals surface area contributed by atoms with Crippen LogP contribution in [-0.2, 0) is 11.3 Å². The molecule has 0 aromatic heterocycles. The SMILES string of the molecule is CCOc1ccc(NC(=O)CN(C)Cc2ccc3cc(OC)ccc3c2)cc1. The maximum absolute atomic E-state index is 12.3. The Morgan fingerprint density at radius 1 is 0.964 bits per heavy atom. The number of fused-ring (bicyclic) bond motifs is 1. The third-order valence-electron chi connectivity index (χ3n) is 4.43. The average Bonchev–Trinajstić information content (AvgIpc) is 2.69. The van der Waals surface area contributed by atoms with Gasteiger partial charge in [0.15, 0.2) is 0 Å². The molecule has 1 N–H and O–H groups in total. The number of carbonyl (C=O) groups is 1. The summed E-state index contributed by atoms with van der Waals surface area (Å²) in [6.07, 6.45) is 0. The van der Waals surface area contributed by atoms with Crippen molar-refractivity contribution < 1.29 is 14.3 Å². The smallest absolute Gasteiger partial charge is 0.238 e. The highest BCUT2D eigenvalue weighted by Gasteiger charge is 2.08. The van der Waals surface area contributed by atoms with Gasteiger partial charge in [0.1, 0.15) is 11.5 Å². The van der Waals surface area contributed by atoms with Crippen LogP contribution in [0.4, 0.5) is 5.69 Å². The van der Waals surface area contributed by atoms with Gasteiger partial charge in [0.2, 0.25) is 5.91 Å². The normalized spacial score (nSPS) is 10.9. The third kappa shape index (κ3) is 5.24. The molecule has 0 radical (unpaired) electrons. The van der Waals surface area contributed by atoms with Gasteiger partial charge in [-0.1, -0.05) is 18.2 Å². The van der Waals surface area contributed by atoms with Gasteiger partial charge in [-0.25, -0.2) is 0 Å². The predicted octanol–water partition coefficient (Wildman–Crippen LogP) is 4.32. The van der Waals surface area contributed by atoms with Gasteiger partial charge in [0.25, 0.3) is 0 Å². The lowest BCUT2D eigenvalue weighted by atomic mass is 10.1. The lowest BCUT2D eigenvalue weighted by Gasteiger charge is -2.17. The largest absolute Gasteiger partial charge is 0.497 e. The fourth-order valence-electron chi connectivity index (χ4n) is 3.11. The zero-order chi connectivity index (χ0) is 19.9. The lowest BCUT2D eigenvalue weighted by molar-refractivity contribution is -0.117. The minimum absolute atomic E-state index is 0.0443. The summed E-state index contributed by atoms with van der Waals surface area (Å²) in [5, 5.41) is 5.22. The Hall–Kier alpha value is -3.05. The Labute approximate surface area is 165 Å². The minimum Gasteiger partial charge on any atom is -0.497 e. The van der Waals surface area contributed by atoms with E-state index in [4.69, 9.17) is 9.47 Å². The van der Waals surface area contributed by atoms with E-state index in [1.54, 1.807) is 7.11 Å². The molecule has 5 nitrogen and oxygen atoms in total. The van der Waals surface area contributed by atoms with Gasteiger partial charge in [0, 0.05) is 12.2 Å². The van der Waals surface area contributed by atoms with Crippen molar-refractivity contribution in [2.24, 2.45) is 0 Å². The maximum atomic E-state index is 12.3. The molecule has 146 valence electrons. The number of likely N-dealkylation sites (N-methyl/N-ethyl adjacent to an activating group) is 1. The van der Waals surface area contributed by atoms with Crippen LogP contribution in [0.1, 0.15) is 12.5 Å². The van der Waals surface area contributed by atoms with E-state index in [1.165, 1.54) is 0 Å². The highest BCUT2D eigenvalue weighted by molar-refractivity contribution is 5.92. The van der Waals surface area contributed by atoms with Crippen LogP contribution in [0, 0.1) is 0 Å². The first kappa shape index (κ1) is 19.7. The molecule has 0 atom stereocenters. The molecule has 0 saturated heterocycles. The topological polar surface area (TPSA) is 50.8 Å². The minimum atomic E-state index is -0.0443. The molecular formula is C23H26N2O3. The molecule has 0 spiro atoms. The van der Waals surface area contributed by atoms with Gasteiger partial charge in [0.05, 0.1) is 20.3 Å². The first-order valence-electron chi connectivity index (χ1n) is 9.35. The number of amides is 1. The van der Waals surface area contributed by atoms with Crippen molar-refractivity contribution in [3.63, 3.8) is 0 Å². The number of nitrogens with one attached hydrogen (secondary N) is 1. The molecule has 5 heteroatoms. The van der Waals surface area contributed by atoms with E-state index in [0.717, 1.165) is 33.5 Å². The fraction of sp³-hybridized carbons (Fsp3) is 0.261. The summed E-state index contributed by atoms with van der Waals surface area (Å²) in [5.41, 5.74) is 1.93. The summed E-state index contributed by atoms with van der Waals surface area (Å²) in [6.45, 7) is 3.57. The standard InChI is InChI=1S/C23H26N2O3/c1-4-28-21-11-8-20(9-12-21)24-23(26)16-25(2)15-17-5-6-19-14-22(27-3)10-7-18(19)13-17/h5-14H,4,15-16H2,1-3H3,(H,24,26). The van der Waals surface area contributed by atoms with Crippen LogP contribution in [0.5, 0.6) is 11.5 Å². The van der Waals surface area contributed by atoms with E-state index < -0.39 is 0 Å². The van der Waals surface area contributed by atoms with Gasteiger partial charge in [-0.15, -0.1) is 0 Å². The first-order chi connectivity index (χ1) is 13.6. The van der Waals surface area contributed by atoms with Gasteiger partial charge in [-0.2, -0.15) is 0 Å².